The predicted molar refractivity (Wildman–Crippen MR) is 184 cm³/mol. The minimum absolute atomic E-state index is 0.0135. The standard InChI is InChI=1S/C24HB14NO/c25-7-1(2-8(26)14(32)17(35)15(33)9(2)27)10(28)19(37)22-3(7)4-13(31)23-6(12(30)21(4)39-22)5-11(29)16(34)18(36)20(38)24(5)40-23/h39H. The fourth-order valence-electron chi connectivity index (χ4n) is 5.48. The maximum absolute atomic E-state index is 6.75. The van der Waals surface area contributed by atoms with Gasteiger partial charge in [0, 0.05) is 27.2 Å². The number of H-pyrrole nitrogens is 1. The van der Waals surface area contributed by atoms with Gasteiger partial charge in [0.2, 0.25) is 0 Å². The van der Waals surface area contributed by atoms with E-state index in [1.807, 2.05) is 0 Å². The first-order valence-corrected chi connectivity index (χ1v) is 11.7. The molecule has 6 rings (SSSR count). The highest BCUT2D eigenvalue weighted by Gasteiger charge is 2.25. The van der Waals surface area contributed by atoms with Crippen LogP contribution < -0.4 is 76.5 Å². The summed E-state index contributed by atoms with van der Waals surface area (Å²) in [5, 5.41) is 1.49. The minimum Gasteiger partial charge on any atom is -0.457 e. The van der Waals surface area contributed by atoms with E-state index in [-0.39, 0.29) is 98.8 Å². The summed E-state index contributed by atoms with van der Waals surface area (Å²) < 4.78 is 6.09. The number of furan rings is 1. The first-order valence-electron chi connectivity index (χ1n) is 11.7. The van der Waals surface area contributed by atoms with Crippen molar-refractivity contribution in [2.75, 3.05) is 0 Å². The van der Waals surface area contributed by atoms with Gasteiger partial charge in [0.1, 0.15) is 121 Å². The number of hydrogen-bond donors (Lipinski definition) is 1. The van der Waals surface area contributed by atoms with Crippen molar-refractivity contribution in [1.29, 1.82) is 0 Å². The number of benzene rings is 4. The number of aromatic nitrogens is 1. The summed E-state index contributed by atoms with van der Waals surface area (Å²) >= 11 is 0. The number of rotatable bonds is 1. The zero-order valence-electron chi connectivity index (χ0n) is 21.0. The Kier molecular flexibility index (Phi) is 6.16. The van der Waals surface area contributed by atoms with Gasteiger partial charge in [-0.2, -0.15) is 0 Å². The fraction of sp³-hybridized carbons (Fsp3) is 0. The lowest BCUT2D eigenvalue weighted by atomic mass is 9.57. The van der Waals surface area contributed by atoms with Crippen LogP contribution in [0.1, 0.15) is 0 Å². The first-order chi connectivity index (χ1) is 18.7. The molecule has 6 aromatic rings. The average molecular weight is 471 g/mol. The van der Waals surface area contributed by atoms with Crippen molar-refractivity contribution in [1.82, 2.24) is 4.98 Å². The molecule has 0 bridgehead atoms. The second-order valence-electron chi connectivity index (χ2n) is 9.68. The molecule has 2 aromatic heterocycles. The Bertz CT molecular complexity index is 2130. The smallest absolute Gasteiger partial charge is 0.128 e. The number of fused-ring (bicyclic) bond motifs is 6. The molecule has 4 aromatic carbocycles. The molecule has 16 heteroatoms. The second-order valence-corrected chi connectivity index (χ2v) is 9.68. The lowest BCUT2D eigenvalue weighted by Gasteiger charge is -2.26. The molecule has 0 fully saturated rings. The minimum atomic E-state index is 0.0135. The molecule has 28 radical (unpaired) electrons. The molecule has 0 aliphatic heterocycles. The Hall–Kier alpha value is -2.61. The summed E-state index contributed by atoms with van der Waals surface area (Å²) in [6.07, 6.45) is 0. The summed E-state index contributed by atoms with van der Waals surface area (Å²) in [5.74, 6) is 0. The second kappa shape index (κ2) is 8.94. The zero-order valence-corrected chi connectivity index (χ0v) is 21.0. The van der Waals surface area contributed by atoms with E-state index in [2.05, 4.69) is 4.98 Å². The van der Waals surface area contributed by atoms with Gasteiger partial charge in [-0.25, -0.2) is 0 Å². The molecule has 0 saturated heterocycles. The maximum Gasteiger partial charge on any atom is 0.128 e. The highest BCUT2D eigenvalue weighted by Crippen LogP contribution is 2.30. The lowest BCUT2D eigenvalue weighted by Crippen LogP contribution is -2.56. The van der Waals surface area contributed by atoms with Crippen LogP contribution in [0.25, 0.3) is 54.9 Å². The molecule has 150 valence electrons. The van der Waals surface area contributed by atoms with E-state index >= 15 is 0 Å². The van der Waals surface area contributed by atoms with Gasteiger partial charge < -0.3 is 9.40 Å². The van der Waals surface area contributed by atoms with Crippen LogP contribution in [-0.2, 0) is 0 Å². The van der Waals surface area contributed by atoms with Gasteiger partial charge in [0.05, 0.1) is 0 Å². The van der Waals surface area contributed by atoms with Crippen molar-refractivity contribution in [3.63, 3.8) is 0 Å². The van der Waals surface area contributed by atoms with Crippen molar-refractivity contribution in [2.45, 2.75) is 0 Å². The van der Waals surface area contributed by atoms with Crippen LogP contribution >= 0.6 is 0 Å². The Morgan fingerprint density at radius 1 is 0.300 bits per heavy atom. The topological polar surface area (TPSA) is 28.9 Å². The quantitative estimate of drug-likeness (QED) is 0.238. The lowest BCUT2D eigenvalue weighted by molar-refractivity contribution is 0.675. The Balaban J connectivity index is 1.86. The van der Waals surface area contributed by atoms with Gasteiger partial charge in [0.25, 0.3) is 0 Å². The molecular formula is C24HB14NO. The van der Waals surface area contributed by atoms with Crippen molar-refractivity contribution in [3.05, 3.63) is 0 Å². The van der Waals surface area contributed by atoms with Crippen molar-refractivity contribution < 1.29 is 4.42 Å². The third-order valence-electron chi connectivity index (χ3n) is 7.66. The molecule has 2 nitrogen and oxygen atoms in total. The van der Waals surface area contributed by atoms with Crippen LogP contribution in [0.2, 0.25) is 0 Å². The summed E-state index contributed by atoms with van der Waals surface area (Å²) in [6, 6.07) is 0. The summed E-state index contributed by atoms with van der Waals surface area (Å²) in [5.41, 5.74) is 2.60. The van der Waals surface area contributed by atoms with Gasteiger partial charge in [-0.15, -0.1) is 27.3 Å². The average Bonchev–Trinajstić information content (AvgIpc) is 3.53. The Morgan fingerprint density at radius 2 is 0.675 bits per heavy atom. The first kappa shape index (κ1) is 27.6. The summed E-state index contributed by atoms with van der Waals surface area (Å²) in [7, 11) is 88.6. The Labute approximate surface area is 249 Å². The monoisotopic (exact) mass is 473 g/mol. The predicted octanol–water partition coefficient (Wildman–Crippen LogP) is -10.00. The highest BCUT2D eigenvalue weighted by molar-refractivity contribution is 6.72. The van der Waals surface area contributed by atoms with E-state index in [9.17, 15) is 0 Å². The Morgan fingerprint density at radius 3 is 1.27 bits per heavy atom. The zero-order chi connectivity index (χ0) is 29.3. The van der Waals surface area contributed by atoms with Crippen LogP contribution in [0.5, 0.6) is 0 Å². The number of hydrogen-bond acceptors (Lipinski definition) is 1. The molecule has 0 aliphatic carbocycles. The third kappa shape index (κ3) is 3.26. The number of aromatic amines is 1. The summed E-state index contributed by atoms with van der Waals surface area (Å²) in [6.45, 7) is 0. The highest BCUT2D eigenvalue weighted by atomic mass is 16.3. The van der Waals surface area contributed by atoms with E-state index in [1.165, 1.54) is 0 Å². The van der Waals surface area contributed by atoms with Gasteiger partial charge in [0.15, 0.2) is 0 Å². The van der Waals surface area contributed by atoms with Crippen molar-refractivity contribution in [3.8, 4) is 11.1 Å². The van der Waals surface area contributed by atoms with E-state index in [1.54, 1.807) is 0 Å². The molecule has 1 N–H and O–H groups in total. The van der Waals surface area contributed by atoms with Crippen molar-refractivity contribution in [2.24, 2.45) is 0 Å². The van der Waals surface area contributed by atoms with Crippen LogP contribution in [0.4, 0.5) is 0 Å². The largest absolute Gasteiger partial charge is 0.457 e. The molecule has 0 amide bonds. The van der Waals surface area contributed by atoms with E-state index in [4.69, 9.17) is 114 Å². The van der Waals surface area contributed by atoms with Crippen LogP contribution in [-0.4, -0.2) is 115 Å². The van der Waals surface area contributed by atoms with Gasteiger partial charge in [-0.1, -0.05) is 43.7 Å². The van der Waals surface area contributed by atoms with E-state index in [0.717, 1.165) is 0 Å². The molecule has 0 unspecified atom stereocenters. The molecule has 0 saturated carbocycles. The van der Waals surface area contributed by atoms with E-state index < -0.39 is 0 Å². The van der Waals surface area contributed by atoms with Crippen LogP contribution in [0.15, 0.2) is 4.42 Å². The maximum atomic E-state index is 6.75. The number of nitrogens with one attached hydrogen (secondary N) is 1. The molecule has 0 atom stereocenters. The molecule has 40 heavy (non-hydrogen) atoms. The third-order valence-corrected chi connectivity index (χ3v) is 7.66. The van der Waals surface area contributed by atoms with Gasteiger partial charge >= 0.3 is 0 Å². The van der Waals surface area contributed by atoms with Gasteiger partial charge in [-0.3, -0.25) is 0 Å². The molecule has 0 spiro atoms. The SMILES string of the molecule is [B]c1c([B])c([B])c(-c2c([B])c([B])c3[nH]c4c([B])c5c(oc6c([B])c([B])c([B])c([B])c65)c([B])c4c3c2[B])c([B])c1[B]. The fourth-order valence-corrected chi connectivity index (χ4v) is 5.48. The van der Waals surface area contributed by atoms with Crippen molar-refractivity contribution >= 4 is 230 Å². The molecule has 2 heterocycles. The normalized spacial score (nSPS) is 11.9. The van der Waals surface area contributed by atoms with Crippen LogP contribution in [0.3, 0.4) is 0 Å². The van der Waals surface area contributed by atoms with E-state index in [0.29, 0.717) is 32.6 Å². The van der Waals surface area contributed by atoms with Gasteiger partial charge in [-0.05, 0) is 22.0 Å². The van der Waals surface area contributed by atoms with Crippen LogP contribution in [0, 0.1) is 0 Å². The molecular weight excluding hydrogens is 470 g/mol. The molecule has 0 aliphatic rings. The summed E-state index contributed by atoms with van der Waals surface area (Å²) in [4.78, 5) is 3.19.